The normalized spacial score (nSPS) is 39.7. The van der Waals surface area contributed by atoms with Crippen molar-refractivity contribution in [3.05, 3.63) is 12.2 Å². The number of hydrogen-bond acceptors (Lipinski definition) is 7. The van der Waals surface area contributed by atoms with Crippen LogP contribution in [0.5, 0.6) is 0 Å². The van der Waals surface area contributed by atoms with E-state index in [-0.39, 0.29) is 22.9 Å². The van der Waals surface area contributed by atoms with Crippen molar-refractivity contribution in [3.63, 3.8) is 0 Å². The number of carboxylic acids is 2. The lowest BCUT2D eigenvalue weighted by Crippen LogP contribution is -2.56. The summed E-state index contributed by atoms with van der Waals surface area (Å²) >= 11 is 0. The third-order valence-electron chi connectivity index (χ3n) is 9.45. The highest BCUT2D eigenvalue weighted by Crippen LogP contribution is 2.64. The maximum absolute atomic E-state index is 13.2. The second-order valence-electron chi connectivity index (χ2n) is 11.3. The van der Waals surface area contributed by atoms with E-state index in [1.165, 1.54) is 0 Å². The molecule has 5 rings (SSSR count). The number of Topliss-reactive ketones (excluding diaryl/α,β-unsaturated/α-hetero) is 2. The van der Waals surface area contributed by atoms with Crippen LogP contribution < -0.4 is 5.32 Å². The van der Waals surface area contributed by atoms with E-state index in [9.17, 15) is 19.2 Å². The van der Waals surface area contributed by atoms with Gasteiger partial charge in [-0.15, -0.1) is 0 Å². The van der Waals surface area contributed by atoms with Crippen molar-refractivity contribution in [2.24, 2.45) is 39.7 Å². The minimum absolute atomic E-state index is 0.0734. The number of ketones is 2. The fraction of sp³-hybridized carbons (Fsp3) is 0.731. The summed E-state index contributed by atoms with van der Waals surface area (Å²) in [5, 5.41) is 23.2. The standard InChI is InChI=1S/C22H32N2O3.C4H4O4/c1-21-7-5-13(24-27-14-11-23-12-14)9-18(21)19(25)10-15-16-3-4-20(26)22(16,2)8-6-17(15)21;5-3(6)1-2-4(7)8/h14-18,23H,3-12H2,1-2H3;1-2H,(H,5,6)(H,7,8)/b;2-1+/t15-,16-,17-,18+,21+,22-;/m0./s1. The number of nitrogens with one attached hydrogen (secondary N) is 1. The van der Waals surface area contributed by atoms with Crippen molar-refractivity contribution in [1.29, 1.82) is 0 Å². The molecule has 35 heavy (non-hydrogen) atoms. The Morgan fingerprint density at radius 1 is 1.00 bits per heavy atom. The van der Waals surface area contributed by atoms with E-state index < -0.39 is 11.9 Å². The first-order valence-corrected chi connectivity index (χ1v) is 12.7. The van der Waals surface area contributed by atoms with Gasteiger partial charge in [0.2, 0.25) is 0 Å². The zero-order chi connectivity index (χ0) is 25.4. The van der Waals surface area contributed by atoms with Crippen LogP contribution in [-0.2, 0) is 24.0 Å². The number of carbonyl (C=O) groups excluding carboxylic acids is 2. The number of rotatable bonds is 4. The second-order valence-corrected chi connectivity index (χ2v) is 11.3. The van der Waals surface area contributed by atoms with Crippen molar-refractivity contribution < 1.29 is 34.2 Å². The highest BCUT2D eigenvalue weighted by Gasteiger charge is 2.62. The molecule has 0 bridgehead atoms. The largest absolute Gasteiger partial charge is 0.478 e. The number of fused-ring (bicyclic) bond motifs is 5. The summed E-state index contributed by atoms with van der Waals surface area (Å²) in [6, 6.07) is 0. The Hall–Kier alpha value is -2.55. The lowest BCUT2D eigenvalue weighted by molar-refractivity contribution is -0.152. The third-order valence-corrected chi connectivity index (χ3v) is 9.45. The zero-order valence-electron chi connectivity index (χ0n) is 20.5. The molecular formula is C26H36N2O7. The molecule has 0 radical (unpaired) electrons. The highest BCUT2D eigenvalue weighted by molar-refractivity contribution is 5.93. The Morgan fingerprint density at radius 2 is 1.69 bits per heavy atom. The first-order valence-electron chi connectivity index (χ1n) is 12.7. The Balaban J connectivity index is 0.000000314. The van der Waals surface area contributed by atoms with Gasteiger partial charge < -0.3 is 20.4 Å². The molecule has 9 heteroatoms. The summed E-state index contributed by atoms with van der Waals surface area (Å²) < 4.78 is 0. The van der Waals surface area contributed by atoms with Crippen LogP contribution in [0, 0.1) is 34.5 Å². The summed E-state index contributed by atoms with van der Waals surface area (Å²) in [6.45, 7) is 6.29. The van der Waals surface area contributed by atoms with Gasteiger partial charge in [-0.25, -0.2) is 9.59 Å². The number of oxime groups is 1. The van der Waals surface area contributed by atoms with Gasteiger partial charge >= 0.3 is 11.9 Å². The Labute approximate surface area is 205 Å². The van der Waals surface area contributed by atoms with Crippen molar-refractivity contribution in [2.75, 3.05) is 13.1 Å². The first-order chi connectivity index (χ1) is 16.5. The van der Waals surface area contributed by atoms with Crippen LogP contribution >= 0.6 is 0 Å². The minimum atomic E-state index is -1.26. The predicted octanol–water partition coefficient (Wildman–Crippen LogP) is 2.83. The van der Waals surface area contributed by atoms with Crippen LogP contribution in [0.3, 0.4) is 0 Å². The molecule has 0 spiro atoms. The molecule has 0 unspecified atom stereocenters. The van der Waals surface area contributed by atoms with Crippen LogP contribution in [-0.4, -0.2) is 58.6 Å². The van der Waals surface area contributed by atoms with Crippen molar-refractivity contribution in [2.45, 2.75) is 71.3 Å². The lowest BCUT2D eigenvalue weighted by Gasteiger charge is -2.58. The monoisotopic (exact) mass is 488 g/mol. The maximum Gasteiger partial charge on any atom is 0.328 e. The van der Waals surface area contributed by atoms with Crippen molar-refractivity contribution >= 4 is 29.2 Å². The van der Waals surface area contributed by atoms with Crippen LogP contribution in [0.15, 0.2) is 17.3 Å². The van der Waals surface area contributed by atoms with Crippen molar-refractivity contribution in [3.8, 4) is 0 Å². The van der Waals surface area contributed by atoms with E-state index in [1.807, 2.05) is 0 Å². The van der Waals surface area contributed by atoms with Crippen molar-refractivity contribution in [1.82, 2.24) is 5.32 Å². The summed E-state index contributed by atoms with van der Waals surface area (Å²) in [6.07, 6.45) is 8.62. The maximum atomic E-state index is 13.2. The second kappa shape index (κ2) is 9.84. The van der Waals surface area contributed by atoms with Gasteiger partial charge in [0.25, 0.3) is 0 Å². The molecule has 9 nitrogen and oxygen atoms in total. The van der Waals surface area contributed by atoms with E-state index >= 15 is 0 Å². The molecule has 4 saturated carbocycles. The quantitative estimate of drug-likeness (QED) is 0.405. The molecule has 1 aliphatic heterocycles. The molecule has 0 aromatic carbocycles. The molecule has 3 N–H and O–H groups in total. The smallest absolute Gasteiger partial charge is 0.328 e. The summed E-state index contributed by atoms with van der Waals surface area (Å²) in [5.41, 5.74) is 0.994. The Kier molecular flexibility index (Phi) is 7.18. The molecule has 4 aliphatic carbocycles. The number of hydrogen-bond donors (Lipinski definition) is 3. The predicted molar refractivity (Wildman–Crippen MR) is 127 cm³/mol. The molecule has 1 heterocycles. The Bertz CT molecular complexity index is 939. The van der Waals surface area contributed by atoms with Gasteiger partial charge in [0.05, 0.1) is 5.71 Å². The van der Waals surface area contributed by atoms with E-state index in [2.05, 4.69) is 24.3 Å². The third kappa shape index (κ3) is 4.92. The first kappa shape index (κ1) is 25.5. The van der Waals surface area contributed by atoms with E-state index in [0.29, 0.717) is 47.9 Å². The molecule has 192 valence electrons. The number of nitrogens with zero attached hydrogens (tertiary/aromatic N) is 1. The van der Waals surface area contributed by atoms with Gasteiger partial charge in [-0.05, 0) is 61.7 Å². The molecule has 0 aromatic rings. The highest BCUT2D eigenvalue weighted by atomic mass is 16.6. The van der Waals surface area contributed by atoms with Crippen LogP contribution in [0.2, 0.25) is 0 Å². The van der Waals surface area contributed by atoms with Gasteiger partial charge in [0.15, 0.2) is 6.10 Å². The summed E-state index contributed by atoms with van der Waals surface area (Å²) in [7, 11) is 0. The van der Waals surface area contributed by atoms with E-state index in [1.54, 1.807) is 0 Å². The molecule has 6 atom stereocenters. The molecule has 5 aliphatic rings. The molecule has 0 amide bonds. The van der Waals surface area contributed by atoms with Gasteiger partial charge in [0.1, 0.15) is 11.6 Å². The lowest BCUT2D eigenvalue weighted by atomic mass is 9.45. The molecule has 5 fully saturated rings. The Morgan fingerprint density at radius 3 is 2.29 bits per heavy atom. The van der Waals surface area contributed by atoms with Gasteiger partial charge in [-0.1, -0.05) is 19.0 Å². The van der Waals surface area contributed by atoms with Gasteiger partial charge in [-0.2, -0.15) is 0 Å². The van der Waals surface area contributed by atoms with E-state index in [4.69, 9.17) is 15.1 Å². The zero-order valence-corrected chi connectivity index (χ0v) is 20.5. The molecular weight excluding hydrogens is 452 g/mol. The number of carboxylic acid groups (broad SMARTS) is 2. The van der Waals surface area contributed by atoms with Crippen LogP contribution in [0.25, 0.3) is 0 Å². The van der Waals surface area contributed by atoms with Crippen LogP contribution in [0.4, 0.5) is 0 Å². The number of carbonyl (C=O) groups is 4. The SMILES string of the molecule is C[C@]12CCC(=NOC3CNC3)C[C@@H]1C(=O)C[C@@H]1[C@@H]2CC[C@]2(C)C(=O)CC[C@@H]12.O=C(O)/C=C/C(=O)O. The average molecular weight is 489 g/mol. The fourth-order valence-electron chi connectivity index (χ4n) is 7.33. The van der Waals surface area contributed by atoms with Gasteiger partial charge in [-0.3, -0.25) is 9.59 Å². The topological polar surface area (TPSA) is 142 Å². The summed E-state index contributed by atoms with van der Waals surface area (Å²) in [4.78, 5) is 50.5. The van der Waals surface area contributed by atoms with Crippen LogP contribution in [0.1, 0.15) is 65.2 Å². The van der Waals surface area contributed by atoms with Gasteiger partial charge in [0, 0.05) is 49.4 Å². The summed E-state index contributed by atoms with van der Waals surface area (Å²) in [5.74, 6) is -0.126. The fourth-order valence-corrected chi connectivity index (χ4v) is 7.33. The average Bonchev–Trinajstić information content (AvgIpc) is 3.07. The molecule has 0 aromatic heterocycles. The number of aliphatic carboxylic acids is 2. The van der Waals surface area contributed by atoms with E-state index in [0.717, 1.165) is 63.7 Å². The molecule has 1 saturated heterocycles. The minimum Gasteiger partial charge on any atom is -0.478 e.